The minimum absolute atomic E-state index is 0.0417. The van der Waals surface area contributed by atoms with Gasteiger partial charge in [-0.1, -0.05) is 45.8 Å². The summed E-state index contributed by atoms with van der Waals surface area (Å²) in [5.41, 5.74) is 5.36. The molecule has 1 aliphatic heterocycles. The standard InChI is InChI=1S/C19H18BrN3O2/c1-13-5-7-17(8-6-13)23-12-15(10-18(23)24)19(25)22-21-11-14-3-2-4-16(20)9-14/h2-9,11,15H,10,12H2,1H3,(H,22,25). The van der Waals surface area contributed by atoms with Crippen molar-refractivity contribution in [2.75, 3.05) is 11.4 Å². The fourth-order valence-corrected chi connectivity index (χ4v) is 3.12. The zero-order valence-corrected chi connectivity index (χ0v) is 15.4. The third-order valence-electron chi connectivity index (χ3n) is 4.08. The second-order valence-corrected chi connectivity index (χ2v) is 6.95. The van der Waals surface area contributed by atoms with Crippen LogP contribution in [0.1, 0.15) is 17.5 Å². The van der Waals surface area contributed by atoms with Crippen LogP contribution in [0.15, 0.2) is 58.1 Å². The first-order valence-corrected chi connectivity index (χ1v) is 8.78. The van der Waals surface area contributed by atoms with Gasteiger partial charge in [0.15, 0.2) is 0 Å². The van der Waals surface area contributed by atoms with Crippen molar-refractivity contribution < 1.29 is 9.59 Å². The van der Waals surface area contributed by atoms with E-state index in [4.69, 9.17) is 0 Å². The van der Waals surface area contributed by atoms with Crippen LogP contribution in [0.2, 0.25) is 0 Å². The Morgan fingerprint density at radius 3 is 2.76 bits per heavy atom. The van der Waals surface area contributed by atoms with Crippen molar-refractivity contribution in [3.63, 3.8) is 0 Å². The lowest BCUT2D eigenvalue weighted by molar-refractivity contribution is -0.126. The van der Waals surface area contributed by atoms with Crippen LogP contribution >= 0.6 is 15.9 Å². The van der Waals surface area contributed by atoms with Crippen molar-refractivity contribution in [2.24, 2.45) is 11.0 Å². The molecule has 25 heavy (non-hydrogen) atoms. The highest BCUT2D eigenvalue weighted by Crippen LogP contribution is 2.25. The van der Waals surface area contributed by atoms with Crippen molar-refractivity contribution in [2.45, 2.75) is 13.3 Å². The third-order valence-corrected chi connectivity index (χ3v) is 4.57. The Morgan fingerprint density at radius 1 is 1.28 bits per heavy atom. The Bertz CT molecular complexity index is 818. The van der Waals surface area contributed by atoms with E-state index in [-0.39, 0.29) is 18.2 Å². The minimum atomic E-state index is -0.395. The van der Waals surface area contributed by atoms with Crippen LogP contribution < -0.4 is 10.3 Å². The molecule has 5 nitrogen and oxygen atoms in total. The van der Waals surface area contributed by atoms with Crippen molar-refractivity contribution >= 4 is 39.6 Å². The number of halogens is 1. The van der Waals surface area contributed by atoms with Crippen LogP contribution in [0.3, 0.4) is 0 Å². The highest BCUT2D eigenvalue weighted by Gasteiger charge is 2.35. The van der Waals surface area contributed by atoms with Crippen molar-refractivity contribution in [3.05, 3.63) is 64.1 Å². The molecule has 2 aromatic carbocycles. The van der Waals surface area contributed by atoms with E-state index in [9.17, 15) is 9.59 Å². The lowest BCUT2D eigenvalue weighted by Crippen LogP contribution is -2.30. The Hall–Kier alpha value is -2.47. The van der Waals surface area contributed by atoms with Crippen molar-refractivity contribution in [1.82, 2.24) is 5.43 Å². The van der Waals surface area contributed by atoms with E-state index in [0.29, 0.717) is 6.54 Å². The van der Waals surface area contributed by atoms with Crippen LogP contribution in [0.4, 0.5) is 5.69 Å². The van der Waals surface area contributed by atoms with Gasteiger partial charge in [0.2, 0.25) is 11.8 Å². The molecule has 6 heteroatoms. The van der Waals surface area contributed by atoms with E-state index in [0.717, 1.165) is 21.3 Å². The molecule has 1 unspecified atom stereocenters. The number of hydrogen-bond donors (Lipinski definition) is 1. The number of rotatable bonds is 4. The Kier molecular flexibility index (Phi) is 5.28. The highest BCUT2D eigenvalue weighted by atomic mass is 79.9. The quantitative estimate of drug-likeness (QED) is 0.633. The minimum Gasteiger partial charge on any atom is -0.312 e. The molecule has 1 fully saturated rings. The number of amides is 2. The van der Waals surface area contributed by atoms with E-state index in [1.165, 1.54) is 0 Å². The van der Waals surface area contributed by atoms with Gasteiger partial charge < -0.3 is 4.90 Å². The first kappa shape index (κ1) is 17.4. The number of nitrogens with one attached hydrogen (secondary N) is 1. The van der Waals surface area contributed by atoms with Gasteiger partial charge in [0.25, 0.3) is 0 Å². The summed E-state index contributed by atoms with van der Waals surface area (Å²) in [5, 5.41) is 3.99. The van der Waals surface area contributed by atoms with Gasteiger partial charge in [-0.25, -0.2) is 5.43 Å². The number of anilines is 1. The van der Waals surface area contributed by atoms with E-state index < -0.39 is 5.92 Å². The van der Waals surface area contributed by atoms with Crippen LogP contribution in [0, 0.1) is 12.8 Å². The van der Waals surface area contributed by atoms with Crippen molar-refractivity contribution in [1.29, 1.82) is 0 Å². The average molecular weight is 400 g/mol. The largest absolute Gasteiger partial charge is 0.312 e. The van der Waals surface area contributed by atoms with E-state index in [1.807, 2.05) is 55.5 Å². The summed E-state index contributed by atoms with van der Waals surface area (Å²) in [6, 6.07) is 15.3. The summed E-state index contributed by atoms with van der Waals surface area (Å²) in [7, 11) is 0. The number of hydrogen-bond acceptors (Lipinski definition) is 3. The summed E-state index contributed by atoms with van der Waals surface area (Å²) in [4.78, 5) is 26.1. The Morgan fingerprint density at radius 2 is 2.04 bits per heavy atom. The lowest BCUT2D eigenvalue weighted by atomic mass is 10.1. The summed E-state index contributed by atoms with van der Waals surface area (Å²) in [5.74, 6) is -0.678. The third kappa shape index (κ3) is 4.33. The second kappa shape index (κ2) is 7.61. The molecule has 128 valence electrons. The molecule has 1 N–H and O–H groups in total. The van der Waals surface area contributed by atoms with Crippen LogP contribution in [-0.4, -0.2) is 24.6 Å². The molecule has 0 bridgehead atoms. The monoisotopic (exact) mass is 399 g/mol. The molecule has 0 spiro atoms. The smallest absolute Gasteiger partial charge is 0.245 e. The first-order chi connectivity index (χ1) is 12.0. The molecule has 1 heterocycles. The Labute approximate surface area is 154 Å². The molecule has 2 amide bonds. The maximum atomic E-state index is 12.3. The zero-order chi connectivity index (χ0) is 17.8. The number of benzene rings is 2. The molecule has 0 aliphatic carbocycles. The molecule has 1 atom stereocenters. The van der Waals surface area contributed by atoms with Gasteiger partial charge in [-0.3, -0.25) is 9.59 Å². The molecule has 1 aliphatic rings. The van der Waals surface area contributed by atoms with Gasteiger partial charge in [0.1, 0.15) is 0 Å². The van der Waals surface area contributed by atoms with Crippen LogP contribution in [-0.2, 0) is 9.59 Å². The molecule has 2 aromatic rings. The van der Waals surface area contributed by atoms with E-state index in [2.05, 4.69) is 26.5 Å². The molecular weight excluding hydrogens is 382 g/mol. The first-order valence-electron chi connectivity index (χ1n) is 7.98. The highest BCUT2D eigenvalue weighted by molar-refractivity contribution is 9.10. The lowest BCUT2D eigenvalue weighted by Gasteiger charge is -2.16. The molecule has 0 radical (unpaired) electrons. The average Bonchev–Trinajstić information content (AvgIpc) is 2.97. The van der Waals surface area contributed by atoms with Gasteiger partial charge in [-0.05, 0) is 36.8 Å². The maximum Gasteiger partial charge on any atom is 0.245 e. The Balaban J connectivity index is 1.60. The van der Waals surface area contributed by atoms with Gasteiger partial charge in [0.05, 0.1) is 12.1 Å². The molecule has 1 saturated heterocycles. The molecule has 0 saturated carbocycles. The van der Waals surface area contributed by atoms with Crippen LogP contribution in [0.25, 0.3) is 0 Å². The predicted octanol–water partition coefficient (Wildman–Crippen LogP) is 3.26. The number of hydrazone groups is 1. The molecule has 3 rings (SSSR count). The van der Waals surface area contributed by atoms with Crippen LogP contribution in [0.5, 0.6) is 0 Å². The molecule has 0 aromatic heterocycles. The maximum absolute atomic E-state index is 12.3. The normalized spacial score (nSPS) is 17.3. The van der Waals surface area contributed by atoms with E-state index in [1.54, 1.807) is 11.1 Å². The van der Waals surface area contributed by atoms with Gasteiger partial charge in [-0.2, -0.15) is 5.10 Å². The fraction of sp³-hybridized carbons (Fsp3) is 0.211. The van der Waals surface area contributed by atoms with Gasteiger partial charge in [-0.15, -0.1) is 0 Å². The summed E-state index contributed by atoms with van der Waals surface area (Å²) in [6.07, 6.45) is 1.78. The number of carbonyl (C=O) groups excluding carboxylic acids is 2. The number of aryl methyl sites for hydroxylation is 1. The second-order valence-electron chi connectivity index (χ2n) is 6.03. The fourth-order valence-electron chi connectivity index (χ4n) is 2.71. The predicted molar refractivity (Wildman–Crippen MR) is 102 cm³/mol. The summed E-state index contributed by atoms with van der Waals surface area (Å²) in [6.45, 7) is 2.37. The van der Waals surface area contributed by atoms with Crippen molar-refractivity contribution in [3.8, 4) is 0 Å². The zero-order valence-electron chi connectivity index (χ0n) is 13.8. The van der Waals surface area contributed by atoms with Gasteiger partial charge >= 0.3 is 0 Å². The molecular formula is C19H18BrN3O2. The SMILES string of the molecule is Cc1ccc(N2CC(C(=O)NN=Cc3cccc(Br)c3)CC2=O)cc1. The van der Waals surface area contributed by atoms with E-state index >= 15 is 0 Å². The summed E-state index contributed by atoms with van der Waals surface area (Å²) < 4.78 is 0.943. The topological polar surface area (TPSA) is 61.8 Å². The van der Waals surface area contributed by atoms with Gasteiger partial charge in [0, 0.05) is 23.1 Å². The number of nitrogens with zero attached hydrogens (tertiary/aromatic N) is 2. The summed E-state index contributed by atoms with van der Waals surface area (Å²) >= 11 is 3.38. The number of carbonyl (C=O) groups is 2.